The molecule has 0 saturated heterocycles. The van der Waals surface area contributed by atoms with E-state index < -0.39 is 0 Å². The molecule has 1 rings (SSSR count). The van der Waals surface area contributed by atoms with Gasteiger partial charge >= 0.3 is 0 Å². The molecule has 0 aliphatic rings. The van der Waals surface area contributed by atoms with E-state index in [0.29, 0.717) is 4.90 Å². The summed E-state index contributed by atoms with van der Waals surface area (Å²) in [6.45, 7) is 1.87. The molecule has 1 aromatic carbocycles. The topological polar surface area (TPSA) is 0 Å². The Morgan fingerprint density at radius 3 is 2.55 bits per heavy atom. The molecule has 11 heavy (non-hydrogen) atoms. The van der Waals surface area contributed by atoms with Crippen LogP contribution in [0.25, 0.3) is 0 Å². The second-order valence-corrected chi connectivity index (χ2v) is 3.44. The Bertz CT molecular complexity index is 273. The molecule has 0 radical (unpaired) electrons. The van der Waals surface area contributed by atoms with Crippen molar-refractivity contribution in [2.45, 2.75) is 11.8 Å². The normalized spacial score (nSPS) is 10.2. The average molecular weight is 191 g/mol. The summed E-state index contributed by atoms with van der Waals surface area (Å²) in [5.74, 6) is -0.306. The molecule has 0 bridgehead atoms. The summed E-state index contributed by atoms with van der Waals surface area (Å²) < 4.78 is 13.1. The Morgan fingerprint density at radius 2 is 2.09 bits per heavy atom. The zero-order valence-electron chi connectivity index (χ0n) is 6.32. The van der Waals surface area contributed by atoms with Crippen molar-refractivity contribution in [1.29, 1.82) is 0 Å². The van der Waals surface area contributed by atoms with E-state index in [1.807, 2.05) is 19.2 Å². The number of rotatable bonds is 1. The van der Waals surface area contributed by atoms with Crippen LogP contribution in [0.2, 0.25) is 5.02 Å². The highest BCUT2D eigenvalue weighted by molar-refractivity contribution is 7.98. The lowest BCUT2D eigenvalue weighted by Crippen LogP contribution is -1.85. The van der Waals surface area contributed by atoms with E-state index >= 15 is 0 Å². The van der Waals surface area contributed by atoms with Gasteiger partial charge in [0.1, 0.15) is 0 Å². The first kappa shape index (κ1) is 8.88. The minimum atomic E-state index is -0.306. The molecule has 0 saturated carbocycles. The summed E-state index contributed by atoms with van der Waals surface area (Å²) in [6, 6.07) is 3.39. The summed E-state index contributed by atoms with van der Waals surface area (Å²) in [5.41, 5.74) is 0.930. The first-order valence-electron chi connectivity index (χ1n) is 3.15. The lowest BCUT2D eigenvalue weighted by atomic mass is 10.2. The predicted octanol–water partition coefficient (Wildman–Crippen LogP) is 3.51. The molecule has 0 aliphatic heterocycles. The fourth-order valence-corrected chi connectivity index (χ4v) is 1.77. The first-order chi connectivity index (χ1) is 5.16. The van der Waals surface area contributed by atoms with Crippen molar-refractivity contribution in [3.05, 3.63) is 28.5 Å². The number of aryl methyl sites for hydroxylation is 1. The number of hydrogen-bond donors (Lipinski definition) is 0. The summed E-state index contributed by atoms with van der Waals surface area (Å²) >= 11 is 6.95. The van der Waals surface area contributed by atoms with Gasteiger partial charge in [0.25, 0.3) is 0 Å². The van der Waals surface area contributed by atoms with E-state index in [4.69, 9.17) is 11.6 Å². The molecule has 0 nitrogen and oxygen atoms in total. The van der Waals surface area contributed by atoms with Crippen LogP contribution < -0.4 is 0 Å². The molecule has 0 atom stereocenters. The highest BCUT2D eigenvalue weighted by Crippen LogP contribution is 2.28. The van der Waals surface area contributed by atoms with E-state index in [1.165, 1.54) is 11.8 Å². The predicted molar refractivity (Wildman–Crippen MR) is 47.9 cm³/mol. The molecule has 0 amide bonds. The SMILES string of the molecule is CSc1c(C)ccc(Cl)c1F. The standard InChI is InChI=1S/C8H8ClFS/c1-5-3-4-6(9)7(10)8(5)11-2/h3-4H,1-2H3. The van der Waals surface area contributed by atoms with Crippen molar-refractivity contribution < 1.29 is 4.39 Å². The molecular weight excluding hydrogens is 183 g/mol. The van der Waals surface area contributed by atoms with E-state index in [1.54, 1.807) is 6.07 Å². The molecule has 0 aromatic heterocycles. The van der Waals surface area contributed by atoms with Gasteiger partial charge in [-0.3, -0.25) is 0 Å². The fourth-order valence-electron chi connectivity index (χ4n) is 0.879. The van der Waals surface area contributed by atoms with Crippen LogP contribution in [0.15, 0.2) is 17.0 Å². The van der Waals surface area contributed by atoms with Crippen molar-refractivity contribution in [2.75, 3.05) is 6.26 Å². The fraction of sp³-hybridized carbons (Fsp3) is 0.250. The van der Waals surface area contributed by atoms with E-state index in [9.17, 15) is 4.39 Å². The van der Waals surface area contributed by atoms with Gasteiger partial charge in [-0.25, -0.2) is 4.39 Å². The largest absolute Gasteiger partial charge is 0.204 e. The van der Waals surface area contributed by atoms with E-state index in [0.717, 1.165) is 5.56 Å². The molecule has 60 valence electrons. The van der Waals surface area contributed by atoms with Gasteiger partial charge in [-0.2, -0.15) is 0 Å². The molecule has 0 aliphatic carbocycles. The summed E-state index contributed by atoms with van der Waals surface area (Å²) in [5, 5.41) is 0.194. The van der Waals surface area contributed by atoms with Crippen molar-refractivity contribution in [2.24, 2.45) is 0 Å². The summed E-state index contributed by atoms with van der Waals surface area (Å²) in [4.78, 5) is 0.637. The maximum Gasteiger partial charge on any atom is 0.155 e. The third-order valence-electron chi connectivity index (χ3n) is 1.45. The van der Waals surface area contributed by atoms with Crippen LogP contribution in [-0.4, -0.2) is 6.26 Å². The molecule has 0 N–H and O–H groups in total. The number of halogens is 2. The lowest BCUT2D eigenvalue weighted by molar-refractivity contribution is 0.600. The molecular formula is C8H8ClFS. The Labute approximate surface area is 74.8 Å². The Morgan fingerprint density at radius 1 is 1.45 bits per heavy atom. The summed E-state index contributed by atoms with van der Waals surface area (Å²) in [7, 11) is 0. The average Bonchev–Trinajstić information content (AvgIpc) is 1.99. The van der Waals surface area contributed by atoms with Gasteiger partial charge in [-0.05, 0) is 24.8 Å². The number of hydrogen-bond acceptors (Lipinski definition) is 1. The zero-order chi connectivity index (χ0) is 8.43. The van der Waals surface area contributed by atoms with Gasteiger partial charge in [-0.1, -0.05) is 17.7 Å². The Hall–Kier alpha value is -0.210. The maximum atomic E-state index is 13.1. The molecule has 1 aromatic rings. The van der Waals surface area contributed by atoms with E-state index in [-0.39, 0.29) is 10.8 Å². The van der Waals surface area contributed by atoms with Gasteiger partial charge in [-0.15, -0.1) is 11.8 Å². The number of thioether (sulfide) groups is 1. The van der Waals surface area contributed by atoms with Crippen LogP contribution in [0, 0.1) is 12.7 Å². The molecule has 0 heterocycles. The van der Waals surface area contributed by atoms with Crippen LogP contribution >= 0.6 is 23.4 Å². The van der Waals surface area contributed by atoms with Crippen LogP contribution in [0.1, 0.15) is 5.56 Å². The zero-order valence-corrected chi connectivity index (χ0v) is 7.89. The second-order valence-electron chi connectivity index (χ2n) is 2.21. The minimum Gasteiger partial charge on any atom is -0.204 e. The highest BCUT2D eigenvalue weighted by Gasteiger charge is 2.07. The maximum absolute atomic E-state index is 13.1. The quantitative estimate of drug-likeness (QED) is 0.611. The smallest absolute Gasteiger partial charge is 0.155 e. The monoisotopic (exact) mass is 190 g/mol. The van der Waals surface area contributed by atoms with Crippen molar-refractivity contribution in [1.82, 2.24) is 0 Å². The third kappa shape index (κ3) is 1.68. The van der Waals surface area contributed by atoms with Gasteiger partial charge in [0.15, 0.2) is 5.82 Å². The Balaban J connectivity index is 3.29. The van der Waals surface area contributed by atoms with Gasteiger partial charge in [0.05, 0.1) is 5.02 Å². The second kappa shape index (κ2) is 3.46. The third-order valence-corrected chi connectivity index (χ3v) is 2.65. The lowest BCUT2D eigenvalue weighted by Gasteiger charge is -2.03. The van der Waals surface area contributed by atoms with Crippen LogP contribution in [0.5, 0.6) is 0 Å². The first-order valence-corrected chi connectivity index (χ1v) is 4.75. The minimum absolute atomic E-state index is 0.194. The van der Waals surface area contributed by atoms with Crippen molar-refractivity contribution in [3.63, 3.8) is 0 Å². The van der Waals surface area contributed by atoms with Crippen LogP contribution in [-0.2, 0) is 0 Å². The van der Waals surface area contributed by atoms with E-state index in [2.05, 4.69) is 0 Å². The highest BCUT2D eigenvalue weighted by atomic mass is 35.5. The molecule has 0 unspecified atom stereocenters. The van der Waals surface area contributed by atoms with Crippen molar-refractivity contribution in [3.8, 4) is 0 Å². The van der Waals surface area contributed by atoms with Gasteiger partial charge in [0, 0.05) is 4.90 Å². The summed E-state index contributed by atoms with van der Waals surface area (Å²) in [6.07, 6.45) is 1.84. The molecule has 0 fully saturated rings. The molecule has 3 heteroatoms. The van der Waals surface area contributed by atoms with Crippen LogP contribution in [0.4, 0.5) is 4.39 Å². The van der Waals surface area contributed by atoms with Gasteiger partial charge < -0.3 is 0 Å². The molecule has 0 spiro atoms. The van der Waals surface area contributed by atoms with Crippen LogP contribution in [0.3, 0.4) is 0 Å². The van der Waals surface area contributed by atoms with Crippen molar-refractivity contribution >= 4 is 23.4 Å². The Kier molecular flexibility index (Phi) is 2.79. The number of benzene rings is 1. The van der Waals surface area contributed by atoms with Gasteiger partial charge in [0.2, 0.25) is 0 Å².